The van der Waals surface area contributed by atoms with Gasteiger partial charge in [-0.2, -0.15) is 0 Å². The van der Waals surface area contributed by atoms with Gasteiger partial charge in [0.25, 0.3) is 0 Å². The van der Waals surface area contributed by atoms with E-state index in [2.05, 4.69) is 35.6 Å². The van der Waals surface area contributed by atoms with Gasteiger partial charge in [0, 0.05) is 31.6 Å². The Labute approximate surface area is 127 Å². The minimum Gasteiger partial charge on any atom is -0.395 e. The van der Waals surface area contributed by atoms with Crippen molar-refractivity contribution in [2.45, 2.75) is 45.2 Å². The van der Waals surface area contributed by atoms with Crippen molar-refractivity contribution in [1.82, 2.24) is 15.3 Å². The molecule has 0 saturated heterocycles. The smallest absolute Gasteiger partial charge is 0.131 e. The summed E-state index contributed by atoms with van der Waals surface area (Å²) in [7, 11) is 0. The molecule has 1 aliphatic rings. The van der Waals surface area contributed by atoms with Crippen LogP contribution in [0.15, 0.2) is 18.9 Å². The van der Waals surface area contributed by atoms with E-state index in [9.17, 15) is 5.11 Å². The summed E-state index contributed by atoms with van der Waals surface area (Å²) in [5, 5.41) is 12.8. The maximum Gasteiger partial charge on any atom is 0.131 e. The summed E-state index contributed by atoms with van der Waals surface area (Å²) in [5.74, 6) is 1.18. The Balaban J connectivity index is 2.24. The molecule has 0 amide bonds. The number of aliphatic hydroxyl groups is 1. The number of aromatic nitrogens is 2. The van der Waals surface area contributed by atoms with Gasteiger partial charge in [0.15, 0.2) is 0 Å². The molecule has 0 atom stereocenters. The van der Waals surface area contributed by atoms with Crippen LogP contribution in [0.3, 0.4) is 0 Å². The van der Waals surface area contributed by atoms with Crippen molar-refractivity contribution < 1.29 is 5.11 Å². The van der Waals surface area contributed by atoms with Crippen molar-refractivity contribution in [1.29, 1.82) is 0 Å². The zero-order chi connectivity index (χ0) is 15.2. The molecular formula is C16H26N4O. The van der Waals surface area contributed by atoms with Crippen LogP contribution >= 0.6 is 0 Å². The Kier molecular flexibility index (Phi) is 5.70. The summed E-state index contributed by atoms with van der Waals surface area (Å²) in [5.41, 5.74) is 2.00. The predicted molar refractivity (Wildman–Crippen MR) is 85.5 cm³/mol. The second kappa shape index (κ2) is 7.52. The first-order valence-corrected chi connectivity index (χ1v) is 7.71. The van der Waals surface area contributed by atoms with E-state index in [1.807, 2.05) is 12.3 Å². The summed E-state index contributed by atoms with van der Waals surface area (Å²) in [6.45, 7) is 10.1. The fourth-order valence-electron chi connectivity index (χ4n) is 2.21. The molecule has 1 heterocycles. The fraction of sp³-hybridized carbons (Fsp3) is 0.625. The fourth-order valence-corrected chi connectivity index (χ4v) is 2.21. The average Bonchev–Trinajstić information content (AvgIpc) is 3.29. The van der Waals surface area contributed by atoms with Gasteiger partial charge in [-0.1, -0.05) is 19.9 Å². The normalized spacial score (nSPS) is 14.5. The Bertz CT molecular complexity index is 471. The number of hydrogen-bond acceptors (Lipinski definition) is 5. The van der Waals surface area contributed by atoms with Crippen LogP contribution in [0.1, 0.15) is 44.1 Å². The average molecular weight is 290 g/mol. The summed E-state index contributed by atoms with van der Waals surface area (Å²) >= 11 is 0. The largest absolute Gasteiger partial charge is 0.395 e. The lowest BCUT2D eigenvalue weighted by molar-refractivity contribution is 0.303. The quantitative estimate of drug-likeness (QED) is 0.680. The van der Waals surface area contributed by atoms with Gasteiger partial charge in [-0.25, -0.2) is 9.97 Å². The predicted octanol–water partition coefficient (Wildman–Crippen LogP) is 1.84. The zero-order valence-electron chi connectivity index (χ0n) is 13.0. The van der Waals surface area contributed by atoms with E-state index >= 15 is 0 Å². The Hall–Kier alpha value is -1.46. The monoisotopic (exact) mass is 290 g/mol. The molecule has 1 fully saturated rings. The molecule has 5 nitrogen and oxygen atoms in total. The molecule has 1 aliphatic carbocycles. The molecule has 0 aromatic carbocycles. The van der Waals surface area contributed by atoms with Gasteiger partial charge in [-0.3, -0.25) is 0 Å². The van der Waals surface area contributed by atoms with Crippen LogP contribution in [0.2, 0.25) is 0 Å². The molecule has 1 aromatic rings. The van der Waals surface area contributed by atoms with Gasteiger partial charge in [0.2, 0.25) is 0 Å². The van der Waals surface area contributed by atoms with Gasteiger partial charge in [0.1, 0.15) is 5.82 Å². The minimum absolute atomic E-state index is 0.106. The van der Waals surface area contributed by atoms with Crippen molar-refractivity contribution in [3.63, 3.8) is 0 Å². The van der Waals surface area contributed by atoms with Gasteiger partial charge in [-0.15, -0.1) is 6.58 Å². The SMILES string of the molecule is C=CCN(CCO)c1cnc(C(C)C)nc1CNC1CC1. The third-order valence-electron chi connectivity index (χ3n) is 3.58. The lowest BCUT2D eigenvalue weighted by Gasteiger charge is -2.25. The lowest BCUT2D eigenvalue weighted by Crippen LogP contribution is -2.30. The highest BCUT2D eigenvalue weighted by molar-refractivity contribution is 5.50. The first kappa shape index (κ1) is 15.9. The topological polar surface area (TPSA) is 61.3 Å². The van der Waals surface area contributed by atoms with Crippen LogP contribution in [0.4, 0.5) is 5.69 Å². The number of nitrogens with zero attached hydrogens (tertiary/aromatic N) is 3. The highest BCUT2D eigenvalue weighted by Crippen LogP contribution is 2.23. The van der Waals surface area contributed by atoms with E-state index in [0.717, 1.165) is 23.8 Å². The molecule has 1 saturated carbocycles. The molecule has 0 aliphatic heterocycles. The third-order valence-corrected chi connectivity index (χ3v) is 3.58. The van der Waals surface area contributed by atoms with Crippen molar-refractivity contribution in [2.24, 2.45) is 0 Å². The number of rotatable bonds is 9. The van der Waals surface area contributed by atoms with E-state index in [4.69, 9.17) is 4.98 Å². The maximum absolute atomic E-state index is 9.25. The molecular weight excluding hydrogens is 264 g/mol. The second-order valence-electron chi connectivity index (χ2n) is 5.83. The van der Waals surface area contributed by atoms with E-state index in [-0.39, 0.29) is 6.61 Å². The number of anilines is 1. The van der Waals surface area contributed by atoms with E-state index in [0.29, 0.717) is 25.0 Å². The third kappa shape index (κ3) is 4.51. The van der Waals surface area contributed by atoms with Gasteiger partial charge >= 0.3 is 0 Å². The highest BCUT2D eigenvalue weighted by Gasteiger charge is 2.22. The van der Waals surface area contributed by atoms with E-state index in [1.54, 1.807) is 0 Å². The standard InChI is InChI=1S/C16H26N4O/c1-4-7-20(8-9-21)15-11-18-16(12(2)3)19-14(15)10-17-13-5-6-13/h4,11-13,17,21H,1,5-10H2,2-3H3. The van der Waals surface area contributed by atoms with Crippen LogP contribution in [0, 0.1) is 0 Å². The first-order chi connectivity index (χ1) is 10.2. The summed E-state index contributed by atoms with van der Waals surface area (Å²) in [4.78, 5) is 11.3. The van der Waals surface area contributed by atoms with Gasteiger partial charge in [-0.05, 0) is 12.8 Å². The van der Waals surface area contributed by atoms with Crippen LogP contribution in [0.5, 0.6) is 0 Å². The Morgan fingerprint density at radius 3 is 2.86 bits per heavy atom. The molecule has 21 heavy (non-hydrogen) atoms. The first-order valence-electron chi connectivity index (χ1n) is 7.71. The van der Waals surface area contributed by atoms with Crippen molar-refractivity contribution in [3.05, 3.63) is 30.4 Å². The summed E-state index contributed by atoms with van der Waals surface area (Å²) in [6.07, 6.45) is 6.23. The van der Waals surface area contributed by atoms with Gasteiger partial charge < -0.3 is 15.3 Å². The molecule has 5 heteroatoms. The highest BCUT2D eigenvalue weighted by atomic mass is 16.3. The van der Waals surface area contributed by atoms with E-state index in [1.165, 1.54) is 12.8 Å². The van der Waals surface area contributed by atoms with Crippen molar-refractivity contribution in [2.75, 3.05) is 24.6 Å². The number of hydrogen-bond donors (Lipinski definition) is 2. The molecule has 0 bridgehead atoms. The summed E-state index contributed by atoms with van der Waals surface area (Å²) in [6, 6.07) is 0.640. The van der Waals surface area contributed by atoms with Crippen molar-refractivity contribution in [3.8, 4) is 0 Å². The molecule has 116 valence electrons. The van der Waals surface area contributed by atoms with Crippen LogP contribution in [-0.2, 0) is 6.54 Å². The molecule has 1 aromatic heterocycles. The Morgan fingerprint density at radius 2 is 2.29 bits per heavy atom. The Morgan fingerprint density at radius 1 is 1.52 bits per heavy atom. The lowest BCUT2D eigenvalue weighted by atomic mass is 10.2. The van der Waals surface area contributed by atoms with Crippen LogP contribution in [0.25, 0.3) is 0 Å². The zero-order valence-corrected chi connectivity index (χ0v) is 13.0. The van der Waals surface area contributed by atoms with Crippen molar-refractivity contribution >= 4 is 5.69 Å². The summed E-state index contributed by atoms with van der Waals surface area (Å²) < 4.78 is 0. The second-order valence-corrected chi connectivity index (χ2v) is 5.83. The number of aliphatic hydroxyl groups excluding tert-OH is 1. The molecule has 0 radical (unpaired) electrons. The molecule has 2 N–H and O–H groups in total. The number of nitrogens with one attached hydrogen (secondary N) is 1. The molecule has 2 rings (SSSR count). The maximum atomic E-state index is 9.25. The minimum atomic E-state index is 0.106. The molecule has 0 spiro atoms. The van der Waals surface area contributed by atoms with Crippen LogP contribution in [-0.4, -0.2) is 40.8 Å². The molecule has 0 unspecified atom stereocenters. The van der Waals surface area contributed by atoms with E-state index < -0.39 is 0 Å². The van der Waals surface area contributed by atoms with Gasteiger partial charge in [0.05, 0.1) is 24.2 Å². The van der Waals surface area contributed by atoms with Crippen LogP contribution < -0.4 is 10.2 Å².